The Bertz CT molecular complexity index is 150. The van der Waals surface area contributed by atoms with Gasteiger partial charge in [-0.3, -0.25) is 0 Å². The Labute approximate surface area is 81.0 Å². The van der Waals surface area contributed by atoms with Crippen LogP contribution in [0.3, 0.4) is 0 Å². The first kappa shape index (κ1) is 9.47. The van der Waals surface area contributed by atoms with Crippen molar-refractivity contribution in [3.8, 4) is 0 Å². The van der Waals surface area contributed by atoms with Crippen LogP contribution in [0.15, 0.2) is 0 Å². The second-order valence-electron chi connectivity index (χ2n) is 4.56. The van der Waals surface area contributed by atoms with E-state index >= 15 is 0 Å². The Morgan fingerprint density at radius 1 is 1.23 bits per heavy atom. The van der Waals surface area contributed by atoms with Gasteiger partial charge < -0.3 is 10.1 Å². The van der Waals surface area contributed by atoms with Gasteiger partial charge in [-0.1, -0.05) is 6.42 Å². The van der Waals surface area contributed by atoms with Gasteiger partial charge in [0.15, 0.2) is 0 Å². The highest BCUT2D eigenvalue weighted by molar-refractivity contribution is 4.83. The Hall–Kier alpha value is -0.0800. The van der Waals surface area contributed by atoms with E-state index in [2.05, 4.69) is 12.2 Å². The van der Waals surface area contributed by atoms with Crippen molar-refractivity contribution < 1.29 is 4.74 Å². The maximum atomic E-state index is 5.45. The Morgan fingerprint density at radius 2 is 2.08 bits per heavy atom. The molecule has 2 nitrogen and oxygen atoms in total. The van der Waals surface area contributed by atoms with E-state index in [1.54, 1.807) is 0 Å². The average Bonchev–Trinajstić information content (AvgIpc) is 2.02. The van der Waals surface area contributed by atoms with E-state index in [1.165, 1.54) is 32.1 Å². The quantitative estimate of drug-likeness (QED) is 0.722. The van der Waals surface area contributed by atoms with Crippen LogP contribution in [0.25, 0.3) is 0 Å². The van der Waals surface area contributed by atoms with Gasteiger partial charge in [-0.15, -0.1) is 0 Å². The molecule has 0 spiro atoms. The molecule has 2 atom stereocenters. The molecule has 0 radical (unpaired) electrons. The van der Waals surface area contributed by atoms with Crippen LogP contribution in [0, 0.1) is 5.92 Å². The SMILES string of the molecule is C[C@@H](NC1CCCOC1)C1CCC1. The van der Waals surface area contributed by atoms with Gasteiger partial charge in [0, 0.05) is 18.7 Å². The van der Waals surface area contributed by atoms with E-state index in [0.717, 1.165) is 19.1 Å². The maximum Gasteiger partial charge on any atom is 0.0619 e. The van der Waals surface area contributed by atoms with Crippen molar-refractivity contribution in [2.75, 3.05) is 13.2 Å². The molecule has 0 aromatic carbocycles. The summed E-state index contributed by atoms with van der Waals surface area (Å²) in [6.45, 7) is 4.23. The second kappa shape index (κ2) is 4.43. The summed E-state index contributed by atoms with van der Waals surface area (Å²) in [5.41, 5.74) is 0. The molecule has 2 fully saturated rings. The van der Waals surface area contributed by atoms with Gasteiger partial charge in [-0.25, -0.2) is 0 Å². The molecule has 76 valence electrons. The van der Waals surface area contributed by atoms with Crippen LogP contribution in [-0.2, 0) is 4.74 Å². The first-order chi connectivity index (χ1) is 6.36. The second-order valence-corrected chi connectivity index (χ2v) is 4.56. The molecule has 1 N–H and O–H groups in total. The van der Waals surface area contributed by atoms with Crippen LogP contribution in [0.4, 0.5) is 0 Å². The lowest BCUT2D eigenvalue weighted by atomic mass is 9.80. The lowest BCUT2D eigenvalue weighted by molar-refractivity contribution is 0.0606. The van der Waals surface area contributed by atoms with Crippen molar-refractivity contribution >= 4 is 0 Å². The highest BCUT2D eigenvalue weighted by Crippen LogP contribution is 2.29. The minimum Gasteiger partial charge on any atom is -0.380 e. The highest BCUT2D eigenvalue weighted by Gasteiger charge is 2.26. The monoisotopic (exact) mass is 183 g/mol. The van der Waals surface area contributed by atoms with Crippen LogP contribution < -0.4 is 5.32 Å². The molecule has 0 bridgehead atoms. The summed E-state index contributed by atoms with van der Waals surface area (Å²) >= 11 is 0. The molecule has 2 aliphatic rings. The molecule has 2 heteroatoms. The molecular formula is C11H21NO. The lowest BCUT2D eigenvalue weighted by Gasteiger charge is -2.35. The number of hydrogen-bond donors (Lipinski definition) is 1. The summed E-state index contributed by atoms with van der Waals surface area (Å²) in [4.78, 5) is 0. The van der Waals surface area contributed by atoms with E-state index in [9.17, 15) is 0 Å². The van der Waals surface area contributed by atoms with Crippen LogP contribution in [0.1, 0.15) is 39.0 Å². The van der Waals surface area contributed by atoms with Crippen molar-refractivity contribution in [2.24, 2.45) is 5.92 Å². The van der Waals surface area contributed by atoms with E-state index in [0.29, 0.717) is 12.1 Å². The molecule has 1 unspecified atom stereocenters. The fraction of sp³-hybridized carbons (Fsp3) is 1.00. The zero-order valence-electron chi connectivity index (χ0n) is 8.59. The first-order valence-electron chi connectivity index (χ1n) is 5.70. The summed E-state index contributed by atoms with van der Waals surface area (Å²) in [6.07, 6.45) is 6.84. The third-order valence-electron chi connectivity index (χ3n) is 3.52. The van der Waals surface area contributed by atoms with Gasteiger partial charge >= 0.3 is 0 Å². The molecular weight excluding hydrogens is 162 g/mol. The summed E-state index contributed by atoms with van der Waals surface area (Å²) < 4.78 is 5.45. The predicted molar refractivity (Wildman–Crippen MR) is 53.8 cm³/mol. The van der Waals surface area contributed by atoms with Crippen molar-refractivity contribution in [3.05, 3.63) is 0 Å². The molecule has 1 heterocycles. The third kappa shape index (κ3) is 2.44. The largest absolute Gasteiger partial charge is 0.380 e. The molecule has 1 saturated carbocycles. The van der Waals surface area contributed by atoms with Crippen LogP contribution in [-0.4, -0.2) is 25.3 Å². The normalized spacial score (nSPS) is 32.5. The fourth-order valence-electron chi connectivity index (χ4n) is 2.32. The smallest absolute Gasteiger partial charge is 0.0619 e. The summed E-state index contributed by atoms with van der Waals surface area (Å²) in [5, 5.41) is 3.70. The first-order valence-corrected chi connectivity index (χ1v) is 5.70. The molecule has 1 aliphatic heterocycles. The van der Waals surface area contributed by atoms with Crippen molar-refractivity contribution in [2.45, 2.75) is 51.1 Å². The standard InChI is InChI=1S/C11H21NO/c1-9(10-4-2-5-10)12-11-6-3-7-13-8-11/h9-12H,2-8H2,1H3/t9-,11?/m1/s1. The maximum absolute atomic E-state index is 5.45. The van der Waals surface area contributed by atoms with E-state index in [4.69, 9.17) is 4.74 Å². The van der Waals surface area contributed by atoms with Gasteiger partial charge in [-0.05, 0) is 38.5 Å². The van der Waals surface area contributed by atoms with Gasteiger partial charge in [0.2, 0.25) is 0 Å². The van der Waals surface area contributed by atoms with Crippen LogP contribution >= 0.6 is 0 Å². The fourth-order valence-corrected chi connectivity index (χ4v) is 2.32. The number of rotatable bonds is 3. The lowest BCUT2D eigenvalue weighted by Crippen LogP contribution is -2.46. The minimum absolute atomic E-state index is 0.629. The van der Waals surface area contributed by atoms with Crippen molar-refractivity contribution in [3.63, 3.8) is 0 Å². The van der Waals surface area contributed by atoms with Crippen molar-refractivity contribution in [1.29, 1.82) is 0 Å². The van der Waals surface area contributed by atoms with Gasteiger partial charge in [-0.2, -0.15) is 0 Å². The zero-order valence-corrected chi connectivity index (χ0v) is 8.59. The minimum atomic E-state index is 0.629. The molecule has 1 saturated heterocycles. The van der Waals surface area contributed by atoms with E-state index in [-0.39, 0.29) is 0 Å². The average molecular weight is 183 g/mol. The summed E-state index contributed by atoms with van der Waals surface area (Å²) in [5.74, 6) is 0.946. The van der Waals surface area contributed by atoms with Crippen LogP contribution in [0.5, 0.6) is 0 Å². The Morgan fingerprint density at radius 3 is 2.62 bits per heavy atom. The Kier molecular flexibility index (Phi) is 3.23. The number of ether oxygens (including phenoxy) is 1. The van der Waals surface area contributed by atoms with Gasteiger partial charge in [0.05, 0.1) is 6.61 Å². The Balaban J connectivity index is 1.69. The summed E-state index contributed by atoms with van der Waals surface area (Å²) in [6, 6.07) is 1.34. The zero-order chi connectivity index (χ0) is 9.10. The third-order valence-corrected chi connectivity index (χ3v) is 3.52. The molecule has 1 aliphatic carbocycles. The van der Waals surface area contributed by atoms with Gasteiger partial charge in [0.25, 0.3) is 0 Å². The van der Waals surface area contributed by atoms with E-state index in [1.807, 2.05) is 0 Å². The van der Waals surface area contributed by atoms with E-state index < -0.39 is 0 Å². The molecule has 13 heavy (non-hydrogen) atoms. The molecule has 0 aromatic rings. The van der Waals surface area contributed by atoms with Crippen LogP contribution in [0.2, 0.25) is 0 Å². The molecule has 0 amide bonds. The highest BCUT2D eigenvalue weighted by atomic mass is 16.5. The molecule has 0 aromatic heterocycles. The molecule has 2 rings (SSSR count). The predicted octanol–water partition coefficient (Wildman–Crippen LogP) is 1.94. The number of hydrogen-bond acceptors (Lipinski definition) is 2. The summed E-state index contributed by atoms with van der Waals surface area (Å²) in [7, 11) is 0. The van der Waals surface area contributed by atoms with Crippen molar-refractivity contribution in [1.82, 2.24) is 5.32 Å². The topological polar surface area (TPSA) is 21.3 Å². The number of nitrogens with one attached hydrogen (secondary N) is 1. The van der Waals surface area contributed by atoms with Gasteiger partial charge in [0.1, 0.15) is 0 Å².